The van der Waals surface area contributed by atoms with Gasteiger partial charge in [-0.2, -0.15) is 31.4 Å². The highest BCUT2D eigenvalue weighted by molar-refractivity contribution is 5.96. The molecule has 0 bridgehead atoms. The van der Waals surface area contributed by atoms with Crippen molar-refractivity contribution in [2.75, 3.05) is 0 Å². The number of pyridine rings is 1. The van der Waals surface area contributed by atoms with Gasteiger partial charge in [-0.25, -0.2) is 0 Å². The summed E-state index contributed by atoms with van der Waals surface area (Å²) < 4.78 is 81.4. The zero-order valence-electron chi connectivity index (χ0n) is 16.6. The Bertz CT molecular complexity index is 1160. The fraction of sp³-hybridized carbons (Fsp3) is 0.350. The molecule has 1 N–H and O–H groups in total. The Kier molecular flexibility index (Phi) is 5.25. The summed E-state index contributed by atoms with van der Waals surface area (Å²) in [5.74, 6) is -0.887. The van der Waals surface area contributed by atoms with E-state index in [1.807, 2.05) is 0 Å². The van der Waals surface area contributed by atoms with Crippen molar-refractivity contribution >= 4 is 5.91 Å². The van der Waals surface area contributed by atoms with Crippen LogP contribution in [0.1, 0.15) is 46.2 Å². The molecule has 32 heavy (non-hydrogen) atoms. The molecular formula is C20H17F6N5O. The minimum absolute atomic E-state index is 0.196. The van der Waals surface area contributed by atoms with Crippen LogP contribution >= 0.6 is 0 Å². The van der Waals surface area contributed by atoms with Crippen molar-refractivity contribution < 1.29 is 31.1 Å². The molecule has 1 amide bonds. The molecule has 0 spiro atoms. The number of carbonyl (C=O) groups is 1. The van der Waals surface area contributed by atoms with Gasteiger partial charge in [0.2, 0.25) is 0 Å². The second-order valence-electron chi connectivity index (χ2n) is 7.52. The molecular weight excluding hydrogens is 440 g/mol. The monoisotopic (exact) mass is 457 g/mol. The van der Waals surface area contributed by atoms with Gasteiger partial charge in [0, 0.05) is 37.7 Å². The van der Waals surface area contributed by atoms with Crippen LogP contribution < -0.4 is 5.32 Å². The first-order valence-corrected chi connectivity index (χ1v) is 9.59. The number of fused-ring (bicyclic) bond motifs is 1. The van der Waals surface area contributed by atoms with Gasteiger partial charge in [-0.1, -0.05) is 0 Å². The van der Waals surface area contributed by atoms with Crippen LogP contribution in [0.3, 0.4) is 0 Å². The molecule has 1 aliphatic heterocycles. The van der Waals surface area contributed by atoms with E-state index in [1.165, 1.54) is 19.2 Å². The number of nitrogens with zero attached hydrogens (tertiary/aromatic N) is 4. The van der Waals surface area contributed by atoms with E-state index in [-0.39, 0.29) is 11.3 Å². The lowest BCUT2D eigenvalue weighted by Crippen LogP contribution is -2.33. The molecule has 6 nitrogen and oxygen atoms in total. The third kappa shape index (κ3) is 4.21. The molecule has 170 valence electrons. The molecule has 4 rings (SSSR count). The number of alkyl halides is 6. The minimum atomic E-state index is -4.69. The van der Waals surface area contributed by atoms with Crippen molar-refractivity contribution in [3.05, 3.63) is 59.3 Å². The number of hydrogen-bond donors (Lipinski definition) is 1. The van der Waals surface area contributed by atoms with Crippen LogP contribution in [-0.2, 0) is 25.9 Å². The second-order valence-corrected chi connectivity index (χ2v) is 7.52. The molecule has 0 unspecified atom stereocenters. The first-order valence-electron chi connectivity index (χ1n) is 9.59. The predicted molar refractivity (Wildman–Crippen MR) is 100 cm³/mol. The molecule has 12 heteroatoms. The number of aryl methyl sites for hydroxylation is 2. The quantitative estimate of drug-likeness (QED) is 0.586. The normalized spacial score (nSPS) is 16.7. The zero-order chi connectivity index (χ0) is 23.3. The molecule has 1 atom stereocenters. The average Bonchev–Trinajstić information content (AvgIpc) is 3.32. The first kappa shape index (κ1) is 21.9. The third-order valence-electron chi connectivity index (χ3n) is 5.19. The standard InChI is InChI=1S/C20H17F6N5O/c1-30-9-12(13(10-30)19(21,22)23)18(32)28-14-3-2-6-31-16(14)8-15(29-31)11-4-5-27-17(7-11)20(24,25)26/h4-5,7-10,14H,2-3,6H2,1H3,(H,28,32)/t14-/m1/s1. The van der Waals surface area contributed by atoms with Gasteiger partial charge in [0.1, 0.15) is 5.69 Å². The van der Waals surface area contributed by atoms with E-state index in [9.17, 15) is 31.1 Å². The second kappa shape index (κ2) is 7.68. The number of amides is 1. The van der Waals surface area contributed by atoms with E-state index in [2.05, 4.69) is 15.4 Å². The molecule has 0 aromatic carbocycles. The van der Waals surface area contributed by atoms with Gasteiger partial charge in [0.05, 0.1) is 28.6 Å². The Balaban J connectivity index is 1.62. The Morgan fingerprint density at radius 1 is 1.12 bits per heavy atom. The Morgan fingerprint density at radius 3 is 2.56 bits per heavy atom. The first-order chi connectivity index (χ1) is 14.9. The maximum Gasteiger partial charge on any atom is 0.433 e. The number of hydrogen-bond acceptors (Lipinski definition) is 3. The van der Waals surface area contributed by atoms with E-state index in [0.29, 0.717) is 25.1 Å². The van der Waals surface area contributed by atoms with E-state index in [4.69, 9.17) is 0 Å². The lowest BCUT2D eigenvalue weighted by atomic mass is 10.0. The average molecular weight is 457 g/mol. The van der Waals surface area contributed by atoms with Crippen LogP contribution in [0.15, 0.2) is 36.8 Å². The molecule has 3 aromatic heterocycles. The Hall–Kier alpha value is -3.31. The van der Waals surface area contributed by atoms with Crippen LogP contribution in [0, 0.1) is 0 Å². The number of halogens is 6. The molecule has 4 heterocycles. The van der Waals surface area contributed by atoms with Crippen LogP contribution in [0.5, 0.6) is 0 Å². The van der Waals surface area contributed by atoms with Gasteiger partial charge in [-0.3, -0.25) is 14.5 Å². The van der Waals surface area contributed by atoms with E-state index >= 15 is 0 Å². The summed E-state index contributed by atoms with van der Waals surface area (Å²) in [4.78, 5) is 16.0. The third-order valence-corrected chi connectivity index (χ3v) is 5.19. The van der Waals surface area contributed by atoms with Crippen molar-refractivity contribution in [1.29, 1.82) is 0 Å². The SMILES string of the molecule is Cn1cc(C(=O)N[C@@H]2CCCn3nc(-c4ccnc(C(F)(F)F)c4)cc32)c(C(F)(F)F)c1. The lowest BCUT2D eigenvalue weighted by Gasteiger charge is -2.24. The molecule has 3 aromatic rings. The smallest absolute Gasteiger partial charge is 0.356 e. The summed E-state index contributed by atoms with van der Waals surface area (Å²) in [7, 11) is 1.39. The number of nitrogens with one attached hydrogen (secondary N) is 1. The number of carbonyl (C=O) groups excluding carboxylic acids is 1. The van der Waals surface area contributed by atoms with Crippen molar-refractivity contribution in [1.82, 2.24) is 24.6 Å². The van der Waals surface area contributed by atoms with Gasteiger partial charge in [0.15, 0.2) is 0 Å². The highest BCUT2D eigenvalue weighted by Gasteiger charge is 2.37. The Labute approximate surface area is 177 Å². The van der Waals surface area contributed by atoms with Crippen LogP contribution in [0.25, 0.3) is 11.3 Å². The van der Waals surface area contributed by atoms with E-state index in [1.54, 1.807) is 4.68 Å². The summed E-state index contributed by atoms with van der Waals surface area (Å²) in [5, 5.41) is 6.93. The topological polar surface area (TPSA) is 64.7 Å². The van der Waals surface area contributed by atoms with E-state index in [0.717, 1.165) is 29.2 Å². The van der Waals surface area contributed by atoms with Gasteiger partial charge in [0.25, 0.3) is 5.91 Å². The molecule has 0 aliphatic carbocycles. The predicted octanol–water partition coefficient (Wildman–Crippen LogP) is 4.59. The van der Waals surface area contributed by atoms with Crippen LogP contribution in [0.2, 0.25) is 0 Å². The maximum absolute atomic E-state index is 13.3. The summed E-state index contributed by atoms with van der Waals surface area (Å²) in [5.41, 5.74) is -1.64. The number of rotatable bonds is 3. The maximum atomic E-state index is 13.3. The van der Waals surface area contributed by atoms with Crippen molar-refractivity contribution in [2.24, 2.45) is 7.05 Å². The van der Waals surface area contributed by atoms with E-state index < -0.39 is 41.1 Å². The highest BCUT2D eigenvalue weighted by Crippen LogP contribution is 2.35. The lowest BCUT2D eigenvalue weighted by molar-refractivity contribution is -0.141. The number of aromatic nitrogens is 4. The summed E-state index contributed by atoms with van der Waals surface area (Å²) in [6.45, 7) is 0.470. The molecule has 0 saturated heterocycles. The van der Waals surface area contributed by atoms with Crippen molar-refractivity contribution in [2.45, 2.75) is 37.8 Å². The van der Waals surface area contributed by atoms with Gasteiger partial charge >= 0.3 is 12.4 Å². The van der Waals surface area contributed by atoms with Crippen molar-refractivity contribution in [3.63, 3.8) is 0 Å². The fourth-order valence-corrected chi connectivity index (χ4v) is 3.74. The fourth-order valence-electron chi connectivity index (χ4n) is 3.74. The zero-order valence-corrected chi connectivity index (χ0v) is 16.6. The molecule has 0 fully saturated rings. The minimum Gasteiger partial charge on any atom is -0.356 e. The molecule has 0 saturated carbocycles. The summed E-state index contributed by atoms with van der Waals surface area (Å²) >= 11 is 0. The van der Waals surface area contributed by atoms with Crippen LogP contribution in [-0.4, -0.2) is 25.2 Å². The van der Waals surface area contributed by atoms with Gasteiger partial charge in [-0.05, 0) is 31.0 Å². The highest BCUT2D eigenvalue weighted by atomic mass is 19.4. The summed E-state index contributed by atoms with van der Waals surface area (Å²) in [6.07, 6.45) is -5.30. The van der Waals surface area contributed by atoms with Gasteiger partial charge < -0.3 is 9.88 Å². The largest absolute Gasteiger partial charge is 0.433 e. The molecule has 1 aliphatic rings. The summed E-state index contributed by atoms with van der Waals surface area (Å²) in [6, 6.07) is 3.16. The van der Waals surface area contributed by atoms with Crippen LogP contribution in [0.4, 0.5) is 26.3 Å². The Morgan fingerprint density at radius 2 is 1.88 bits per heavy atom. The molecule has 0 radical (unpaired) electrons. The van der Waals surface area contributed by atoms with Gasteiger partial charge in [-0.15, -0.1) is 0 Å². The van der Waals surface area contributed by atoms with Crippen molar-refractivity contribution in [3.8, 4) is 11.3 Å².